The number of thioether (sulfide) groups is 1. The summed E-state index contributed by atoms with van der Waals surface area (Å²) in [5, 5.41) is 12.3. The van der Waals surface area contributed by atoms with Gasteiger partial charge in [0.05, 0.1) is 6.10 Å². The predicted molar refractivity (Wildman–Crippen MR) is 103 cm³/mol. The Labute approximate surface area is 159 Å². The maximum absolute atomic E-state index is 13.6. The molecule has 0 radical (unpaired) electrons. The first-order valence-electron chi connectivity index (χ1n) is 8.66. The van der Waals surface area contributed by atoms with Crippen molar-refractivity contribution in [1.29, 1.82) is 0 Å². The Kier molecular flexibility index (Phi) is 5.38. The summed E-state index contributed by atoms with van der Waals surface area (Å²) in [4.78, 5) is 11.3. The van der Waals surface area contributed by atoms with Gasteiger partial charge in [0.15, 0.2) is 11.6 Å². The van der Waals surface area contributed by atoms with Gasteiger partial charge >= 0.3 is 0 Å². The van der Waals surface area contributed by atoms with E-state index in [-0.39, 0.29) is 12.4 Å². The van der Waals surface area contributed by atoms with E-state index in [0.29, 0.717) is 5.75 Å². The van der Waals surface area contributed by atoms with Crippen LogP contribution in [0.25, 0.3) is 10.2 Å². The minimum atomic E-state index is -0.709. The molecular weight excluding hydrogens is 371 g/mol. The molecule has 0 fully saturated rings. The van der Waals surface area contributed by atoms with E-state index in [1.165, 1.54) is 41.1 Å². The number of benzene rings is 1. The number of hydrogen-bond donors (Lipinski definition) is 1. The van der Waals surface area contributed by atoms with Gasteiger partial charge in [0.2, 0.25) is 0 Å². The van der Waals surface area contributed by atoms with E-state index < -0.39 is 11.9 Å². The van der Waals surface area contributed by atoms with Crippen molar-refractivity contribution >= 4 is 33.3 Å². The van der Waals surface area contributed by atoms with Gasteiger partial charge < -0.3 is 9.84 Å². The minimum Gasteiger partial charge on any atom is -0.488 e. The summed E-state index contributed by atoms with van der Waals surface area (Å²) in [7, 11) is 0. The molecular formula is C19H19FN2O2S2. The van der Waals surface area contributed by atoms with E-state index in [1.807, 2.05) is 0 Å². The highest BCUT2D eigenvalue weighted by Crippen LogP contribution is 2.39. The van der Waals surface area contributed by atoms with Gasteiger partial charge in [-0.1, -0.05) is 12.1 Å². The SMILES string of the molecule is O[C@H](COc1ccccc1F)CSc1ncnc2sc3c(c12)CCCC3. The molecule has 2 heterocycles. The van der Waals surface area contributed by atoms with Crippen LogP contribution in [0.15, 0.2) is 35.6 Å². The van der Waals surface area contributed by atoms with Gasteiger partial charge in [-0.25, -0.2) is 14.4 Å². The Bertz CT molecular complexity index is 916. The van der Waals surface area contributed by atoms with Crippen LogP contribution in [0.3, 0.4) is 0 Å². The van der Waals surface area contributed by atoms with Crippen molar-refractivity contribution in [3.05, 3.63) is 46.9 Å². The van der Waals surface area contributed by atoms with Gasteiger partial charge in [-0.3, -0.25) is 0 Å². The topological polar surface area (TPSA) is 55.2 Å². The van der Waals surface area contributed by atoms with Crippen LogP contribution < -0.4 is 4.74 Å². The molecule has 1 N–H and O–H groups in total. The molecule has 1 aliphatic rings. The standard InChI is InChI=1S/C19H19FN2O2S2/c20-14-6-2-3-7-15(14)24-9-12(23)10-25-18-17-13-5-1-4-8-16(13)26-19(17)22-11-21-18/h2-3,6-7,11-12,23H,1,4-5,8-10H2/t12-/m1/s1. The second kappa shape index (κ2) is 7.90. The van der Waals surface area contributed by atoms with Crippen LogP contribution in [0, 0.1) is 5.82 Å². The number of nitrogens with zero attached hydrogens (tertiary/aromatic N) is 2. The lowest BCUT2D eigenvalue weighted by Gasteiger charge is -2.14. The van der Waals surface area contributed by atoms with Crippen LogP contribution in [-0.4, -0.2) is 33.5 Å². The summed E-state index contributed by atoms with van der Waals surface area (Å²) in [5.74, 6) is 0.174. The summed E-state index contributed by atoms with van der Waals surface area (Å²) >= 11 is 3.27. The molecule has 7 heteroatoms. The van der Waals surface area contributed by atoms with Crippen molar-refractivity contribution in [3.63, 3.8) is 0 Å². The molecule has 0 saturated carbocycles. The zero-order chi connectivity index (χ0) is 17.9. The van der Waals surface area contributed by atoms with Gasteiger partial charge in [0, 0.05) is 16.0 Å². The first-order chi connectivity index (χ1) is 12.7. The zero-order valence-electron chi connectivity index (χ0n) is 14.2. The normalized spacial score (nSPS) is 15.0. The molecule has 0 saturated heterocycles. The molecule has 0 unspecified atom stereocenters. The predicted octanol–water partition coefficient (Wildman–Crippen LogP) is 4.24. The number of aliphatic hydroxyl groups is 1. The number of fused-ring (bicyclic) bond motifs is 3. The molecule has 4 nitrogen and oxygen atoms in total. The molecule has 136 valence electrons. The van der Waals surface area contributed by atoms with Crippen molar-refractivity contribution < 1.29 is 14.2 Å². The highest BCUT2D eigenvalue weighted by molar-refractivity contribution is 7.99. The Morgan fingerprint density at radius 1 is 1.23 bits per heavy atom. The third kappa shape index (κ3) is 3.70. The van der Waals surface area contributed by atoms with E-state index in [4.69, 9.17) is 4.74 Å². The van der Waals surface area contributed by atoms with Gasteiger partial charge in [0.1, 0.15) is 22.8 Å². The van der Waals surface area contributed by atoms with Crippen molar-refractivity contribution in [2.45, 2.75) is 36.8 Å². The van der Waals surface area contributed by atoms with Crippen LogP contribution >= 0.6 is 23.1 Å². The van der Waals surface area contributed by atoms with E-state index in [0.717, 1.165) is 28.1 Å². The average Bonchev–Trinajstić information content (AvgIpc) is 3.05. The number of ether oxygens (including phenoxy) is 1. The quantitative estimate of drug-likeness (QED) is 0.504. The van der Waals surface area contributed by atoms with Crippen molar-refractivity contribution in [3.8, 4) is 5.75 Å². The van der Waals surface area contributed by atoms with E-state index in [2.05, 4.69) is 9.97 Å². The number of rotatable bonds is 6. The second-order valence-electron chi connectivity index (χ2n) is 6.28. The Hall–Kier alpha value is -1.70. The average molecular weight is 391 g/mol. The first kappa shape index (κ1) is 17.7. The highest BCUT2D eigenvalue weighted by Gasteiger charge is 2.20. The number of hydrogen-bond acceptors (Lipinski definition) is 6. The summed E-state index contributed by atoms with van der Waals surface area (Å²) < 4.78 is 18.9. The molecule has 3 aromatic rings. The molecule has 4 rings (SSSR count). The lowest BCUT2D eigenvalue weighted by Crippen LogP contribution is -2.20. The molecule has 0 bridgehead atoms. The molecule has 0 spiro atoms. The number of aromatic nitrogens is 2. The van der Waals surface area contributed by atoms with E-state index in [9.17, 15) is 9.50 Å². The first-order valence-corrected chi connectivity index (χ1v) is 10.5. The van der Waals surface area contributed by atoms with E-state index in [1.54, 1.807) is 35.9 Å². The van der Waals surface area contributed by atoms with Crippen molar-refractivity contribution in [1.82, 2.24) is 9.97 Å². The minimum absolute atomic E-state index is 0.0455. The lowest BCUT2D eigenvalue weighted by atomic mass is 9.97. The number of aliphatic hydroxyl groups excluding tert-OH is 1. The number of para-hydroxylation sites is 1. The third-order valence-corrected chi connectivity index (χ3v) is 6.73. The lowest BCUT2D eigenvalue weighted by molar-refractivity contribution is 0.123. The molecule has 1 aliphatic carbocycles. The monoisotopic (exact) mass is 390 g/mol. The maximum atomic E-state index is 13.6. The van der Waals surface area contributed by atoms with E-state index >= 15 is 0 Å². The van der Waals surface area contributed by atoms with Crippen LogP contribution in [0.5, 0.6) is 5.75 Å². The van der Waals surface area contributed by atoms with Crippen LogP contribution in [0.2, 0.25) is 0 Å². The van der Waals surface area contributed by atoms with Gasteiger partial charge in [0.25, 0.3) is 0 Å². The molecule has 0 amide bonds. The summed E-state index contributed by atoms with van der Waals surface area (Å²) in [6, 6.07) is 6.21. The van der Waals surface area contributed by atoms with Crippen LogP contribution in [-0.2, 0) is 12.8 Å². The number of aryl methyl sites for hydroxylation is 2. The van der Waals surface area contributed by atoms with Crippen LogP contribution in [0.4, 0.5) is 4.39 Å². The van der Waals surface area contributed by atoms with Gasteiger partial charge in [-0.15, -0.1) is 23.1 Å². The fourth-order valence-electron chi connectivity index (χ4n) is 3.14. The number of thiophene rings is 1. The van der Waals surface area contributed by atoms with Gasteiger partial charge in [-0.2, -0.15) is 0 Å². The number of halogens is 1. The van der Waals surface area contributed by atoms with Gasteiger partial charge in [-0.05, 0) is 43.4 Å². The maximum Gasteiger partial charge on any atom is 0.165 e. The zero-order valence-corrected chi connectivity index (χ0v) is 15.8. The largest absolute Gasteiger partial charge is 0.488 e. The van der Waals surface area contributed by atoms with Crippen molar-refractivity contribution in [2.75, 3.05) is 12.4 Å². The Morgan fingerprint density at radius 2 is 2.08 bits per heavy atom. The summed E-state index contributed by atoms with van der Waals surface area (Å²) in [6.45, 7) is 0.0455. The fraction of sp³-hybridized carbons (Fsp3) is 0.368. The Morgan fingerprint density at radius 3 is 2.96 bits per heavy atom. The smallest absolute Gasteiger partial charge is 0.165 e. The third-order valence-electron chi connectivity index (χ3n) is 4.40. The summed E-state index contributed by atoms with van der Waals surface area (Å²) in [6.07, 6.45) is 5.53. The van der Waals surface area contributed by atoms with Crippen molar-refractivity contribution in [2.24, 2.45) is 0 Å². The molecule has 2 aromatic heterocycles. The highest BCUT2D eigenvalue weighted by atomic mass is 32.2. The van der Waals surface area contributed by atoms with Crippen LogP contribution in [0.1, 0.15) is 23.3 Å². The molecule has 26 heavy (non-hydrogen) atoms. The molecule has 0 aliphatic heterocycles. The fourth-order valence-corrected chi connectivity index (χ4v) is 5.37. The molecule has 1 atom stereocenters. The second-order valence-corrected chi connectivity index (χ2v) is 8.37. The molecule has 1 aromatic carbocycles. The Balaban J connectivity index is 1.43. The summed E-state index contributed by atoms with van der Waals surface area (Å²) in [5.41, 5.74) is 1.39.